The fourth-order valence-electron chi connectivity index (χ4n) is 0.994. The van der Waals surface area contributed by atoms with Gasteiger partial charge in [-0.3, -0.25) is 5.32 Å². The second-order valence-electron chi connectivity index (χ2n) is 2.78. The Hall–Kier alpha value is -2.33. The Morgan fingerprint density at radius 1 is 1.71 bits per heavy atom. The molecule has 0 saturated heterocycles. The van der Waals surface area contributed by atoms with Crippen molar-refractivity contribution in [2.75, 3.05) is 11.9 Å². The number of carboxylic acid groups (broad SMARTS) is 1. The van der Waals surface area contributed by atoms with E-state index in [1.54, 1.807) is 6.07 Å². The van der Waals surface area contributed by atoms with Crippen LogP contribution >= 0.6 is 11.3 Å². The zero-order valence-corrected chi connectivity index (χ0v) is 9.41. The Morgan fingerprint density at radius 2 is 2.41 bits per heavy atom. The van der Waals surface area contributed by atoms with E-state index in [2.05, 4.69) is 16.6 Å². The highest BCUT2D eigenvalue weighted by atomic mass is 32.1. The molecule has 1 aromatic rings. The Bertz CT molecular complexity index is 501. The molecule has 0 aromatic carbocycles. The highest BCUT2D eigenvalue weighted by Crippen LogP contribution is 2.27. The summed E-state index contributed by atoms with van der Waals surface area (Å²) < 4.78 is 4.63. The van der Waals surface area contributed by atoms with E-state index in [1.807, 2.05) is 0 Å². The average Bonchev–Trinajstić information content (AvgIpc) is 2.69. The molecule has 0 spiro atoms. The van der Waals surface area contributed by atoms with Crippen molar-refractivity contribution in [3.63, 3.8) is 0 Å². The normalized spacial score (nSPS) is 9.12. The van der Waals surface area contributed by atoms with Crippen molar-refractivity contribution < 1.29 is 19.4 Å². The third kappa shape index (κ3) is 3.06. The zero-order valence-electron chi connectivity index (χ0n) is 8.60. The number of nitrogens with one attached hydrogen (secondary N) is 1. The van der Waals surface area contributed by atoms with E-state index in [1.165, 1.54) is 11.5 Å². The van der Waals surface area contributed by atoms with Gasteiger partial charge in [0.1, 0.15) is 17.6 Å². The first-order chi connectivity index (χ1) is 8.10. The number of anilines is 1. The molecule has 1 heterocycles. The number of carbonyl (C=O) groups excluding carboxylic acids is 1. The van der Waals surface area contributed by atoms with Crippen LogP contribution in [0.25, 0.3) is 0 Å². The molecule has 0 aliphatic carbocycles. The molecular weight excluding hydrogens is 244 g/mol. The Labute approximate surface area is 101 Å². The first-order valence-electron chi connectivity index (χ1n) is 4.39. The Balaban J connectivity index is 2.92. The molecule has 0 radical (unpaired) electrons. The van der Waals surface area contributed by atoms with Crippen LogP contribution < -0.4 is 5.32 Å². The van der Waals surface area contributed by atoms with Crippen LogP contribution in [0.15, 0.2) is 18.0 Å². The summed E-state index contributed by atoms with van der Waals surface area (Å²) in [7, 11) is 0. The van der Waals surface area contributed by atoms with Gasteiger partial charge in [-0.05, 0) is 0 Å². The van der Waals surface area contributed by atoms with Gasteiger partial charge in [0.2, 0.25) is 0 Å². The van der Waals surface area contributed by atoms with Gasteiger partial charge in [-0.1, -0.05) is 12.7 Å². The third-order valence-corrected chi connectivity index (χ3v) is 2.63. The molecule has 1 rings (SSSR count). The molecule has 88 valence electrons. The molecule has 0 bridgehead atoms. The lowest BCUT2D eigenvalue weighted by molar-refractivity contribution is 0.0703. The third-order valence-electron chi connectivity index (χ3n) is 1.67. The van der Waals surface area contributed by atoms with E-state index in [4.69, 9.17) is 10.4 Å². The van der Waals surface area contributed by atoms with Crippen LogP contribution in [0, 0.1) is 11.3 Å². The molecule has 0 aliphatic rings. The number of rotatable bonds is 4. The Kier molecular flexibility index (Phi) is 4.25. The number of hydrogen-bond acceptors (Lipinski definition) is 5. The molecule has 0 aliphatic heterocycles. The van der Waals surface area contributed by atoms with Gasteiger partial charge in [-0.25, -0.2) is 9.59 Å². The quantitative estimate of drug-likeness (QED) is 0.799. The molecular formula is C10H8N2O4S. The van der Waals surface area contributed by atoms with Crippen molar-refractivity contribution in [1.29, 1.82) is 5.26 Å². The lowest BCUT2D eigenvalue weighted by Gasteiger charge is -2.04. The standard InChI is InChI=1S/C10H8N2O4S/c1-2-3-16-10(15)12-7-6(4-11)5-17-8(7)9(13)14/h2,5H,1,3H2,(H,12,15)(H,13,14). The van der Waals surface area contributed by atoms with Crippen molar-refractivity contribution in [3.05, 3.63) is 28.5 Å². The van der Waals surface area contributed by atoms with Crippen molar-refractivity contribution in [2.45, 2.75) is 0 Å². The highest BCUT2D eigenvalue weighted by Gasteiger charge is 2.19. The topological polar surface area (TPSA) is 99.4 Å². The fourth-order valence-corrected chi connectivity index (χ4v) is 1.78. The summed E-state index contributed by atoms with van der Waals surface area (Å²) in [4.78, 5) is 22.0. The second kappa shape index (κ2) is 5.67. The maximum absolute atomic E-state index is 11.2. The molecule has 7 heteroatoms. The molecule has 0 unspecified atom stereocenters. The van der Waals surface area contributed by atoms with Gasteiger partial charge in [0.15, 0.2) is 0 Å². The van der Waals surface area contributed by atoms with Gasteiger partial charge >= 0.3 is 12.1 Å². The minimum Gasteiger partial charge on any atom is -0.477 e. The van der Waals surface area contributed by atoms with Crippen molar-refractivity contribution in [1.82, 2.24) is 0 Å². The van der Waals surface area contributed by atoms with Crippen LogP contribution in [0.5, 0.6) is 0 Å². The second-order valence-corrected chi connectivity index (χ2v) is 3.66. The summed E-state index contributed by atoms with van der Waals surface area (Å²) in [5.41, 5.74) is 0.0435. The smallest absolute Gasteiger partial charge is 0.412 e. The van der Waals surface area contributed by atoms with Crippen molar-refractivity contribution >= 4 is 29.1 Å². The van der Waals surface area contributed by atoms with E-state index >= 15 is 0 Å². The number of amides is 1. The maximum Gasteiger partial charge on any atom is 0.412 e. The summed E-state index contributed by atoms with van der Waals surface area (Å²) in [6.07, 6.45) is 0.540. The number of hydrogen-bond donors (Lipinski definition) is 2. The van der Waals surface area contributed by atoms with Crippen LogP contribution in [-0.2, 0) is 4.74 Å². The number of aromatic carboxylic acids is 1. The van der Waals surface area contributed by atoms with Crippen LogP contribution in [0.2, 0.25) is 0 Å². The molecule has 2 N–H and O–H groups in total. The monoisotopic (exact) mass is 252 g/mol. The minimum atomic E-state index is -1.21. The SMILES string of the molecule is C=CCOC(=O)Nc1c(C#N)csc1C(=O)O. The van der Waals surface area contributed by atoms with E-state index in [0.29, 0.717) is 0 Å². The van der Waals surface area contributed by atoms with Gasteiger partial charge in [0.25, 0.3) is 0 Å². The summed E-state index contributed by atoms with van der Waals surface area (Å²) in [6, 6.07) is 1.79. The van der Waals surface area contributed by atoms with Gasteiger partial charge < -0.3 is 9.84 Å². The molecule has 1 amide bonds. The number of ether oxygens (including phenoxy) is 1. The first kappa shape index (κ1) is 12.7. The summed E-state index contributed by atoms with van der Waals surface area (Å²) in [5.74, 6) is -1.21. The van der Waals surface area contributed by atoms with E-state index in [9.17, 15) is 9.59 Å². The first-order valence-corrected chi connectivity index (χ1v) is 5.27. The highest BCUT2D eigenvalue weighted by molar-refractivity contribution is 7.12. The Morgan fingerprint density at radius 3 is 2.94 bits per heavy atom. The summed E-state index contributed by atoms with van der Waals surface area (Å²) in [6.45, 7) is 3.36. The lowest BCUT2D eigenvalue weighted by atomic mass is 10.2. The van der Waals surface area contributed by atoms with Crippen molar-refractivity contribution in [2.24, 2.45) is 0 Å². The van der Waals surface area contributed by atoms with Gasteiger partial charge in [-0.2, -0.15) is 5.26 Å². The van der Waals surface area contributed by atoms with Gasteiger partial charge in [-0.15, -0.1) is 11.3 Å². The molecule has 17 heavy (non-hydrogen) atoms. The lowest BCUT2D eigenvalue weighted by Crippen LogP contribution is -2.15. The van der Waals surface area contributed by atoms with E-state index in [0.717, 1.165) is 11.3 Å². The number of nitrogens with zero attached hydrogens (tertiary/aromatic N) is 1. The maximum atomic E-state index is 11.2. The number of carboxylic acids is 1. The van der Waals surface area contributed by atoms with Crippen LogP contribution in [-0.4, -0.2) is 23.8 Å². The minimum absolute atomic E-state index is 0.000260. The average molecular weight is 252 g/mol. The van der Waals surface area contributed by atoms with Crippen molar-refractivity contribution in [3.8, 4) is 6.07 Å². The predicted molar refractivity (Wildman–Crippen MR) is 61.2 cm³/mol. The largest absolute Gasteiger partial charge is 0.477 e. The summed E-state index contributed by atoms with van der Waals surface area (Å²) >= 11 is 0.862. The molecule has 0 fully saturated rings. The van der Waals surface area contributed by atoms with Gasteiger partial charge in [0, 0.05) is 5.38 Å². The number of carbonyl (C=O) groups is 2. The molecule has 6 nitrogen and oxygen atoms in total. The molecule has 0 saturated carbocycles. The number of thiophene rings is 1. The molecule has 1 aromatic heterocycles. The van der Waals surface area contributed by atoms with E-state index < -0.39 is 12.1 Å². The predicted octanol–water partition coefficient (Wildman–Crippen LogP) is 2.05. The van der Waals surface area contributed by atoms with Crippen LogP contribution in [0.1, 0.15) is 15.2 Å². The van der Waals surface area contributed by atoms with Gasteiger partial charge in [0.05, 0.1) is 11.3 Å². The summed E-state index contributed by atoms with van der Waals surface area (Å²) in [5, 5.41) is 21.2. The van der Waals surface area contributed by atoms with Crippen LogP contribution in [0.3, 0.4) is 0 Å². The van der Waals surface area contributed by atoms with E-state index in [-0.39, 0.29) is 22.7 Å². The van der Waals surface area contributed by atoms with Crippen LogP contribution in [0.4, 0.5) is 10.5 Å². The zero-order chi connectivity index (χ0) is 12.8. The fraction of sp³-hybridized carbons (Fsp3) is 0.100. The number of nitriles is 1. The molecule has 0 atom stereocenters.